The molecule has 2 rings (SSSR count). The Bertz CT molecular complexity index is 604. The zero-order chi connectivity index (χ0) is 14.0. The first-order chi connectivity index (χ1) is 9.04. The van der Waals surface area contributed by atoms with Gasteiger partial charge in [0, 0.05) is 19.1 Å². The first kappa shape index (κ1) is 13.6. The van der Waals surface area contributed by atoms with Crippen molar-refractivity contribution in [2.24, 2.45) is 0 Å². The molecule has 19 heavy (non-hydrogen) atoms. The van der Waals surface area contributed by atoms with Gasteiger partial charge in [0.05, 0.1) is 23.1 Å². The number of carbonyl (C=O) groups is 1. The third-order valence-corrected chi connectivity index (χ3v) is 3.13. The van der Waals surface area contributed by atoms with E-state index in [0.29, 0.717) is 10.6 Å². The van der Waals surface area contributed by atoms with Gasteiger partial charge in [-0.15, -0.1) is 0 Å². The van der Waals surface area contributed by atoms with Gasteiger partial charge in [0.2, 0.25) is 0 Å². The summed E-state index contributed by atoms with van der Waals surface area (Å²) in [6.07, 6.45) is 2.34. The highest BCUT2D eigenvalue weighted by molar-refractivity contribution is 6.30. The second-order valence-corrected chi connectivity index (χ2v) is 4.89. The molecule has 1 heterocycles. The highest BCUT2D eigenvalue weighted by atomic mass is 35.5. The standard InChI is InChI=1S/C14H16ClN3O/c1-4-13-12(14(19)17(2)3)9-16-18(13)11-7-5-6-10(15)8-11/h5-9H,4H2,1-3H3. The fourth-order valence-corrected chi connectivity index (χ4v) is 2.15. The van der Waals surface area contributed by atoms with Gasteiger partial charge in [0.25, 0.3) is 5.91 Å². The maximum Gasteiger partial charge on any atom is 0.256 e. The van der Waals surface area contributed by atoms with E-state index in [1.807, 2.05) is 31.2 Å². The van der Waals surface area contributed by atoms with Crippen molar-refractivity contribution in [3.05, 3.63) is 46.7 Å². The Labute approximate surface area is 117 Å². The lowest BCUT2D eigenvalue weighted by atomic mass is 10.2. The lowest BCUT2D eigenvalue weighted by Crippen LogP contribution is -2.22. The molecule has 0 radical (unpaired) electrons. The third kappa shape index (κ3) is 2.63. The summed E-state index contributed by atoms with van der Waals surface area (Å²) in [6.45, 7) is 2.00. The minimum atomic E-state index is -0.0369. The fraction of sp³-hybridized carbons (Fsp3) is 0.286. The SMILES string of the molecule is CCc1c(C(=O)N(C)C)cnn1-c1cccc(Cl)c1. The molecule has 4 nitrogen and oxygen atoms in total. The lowest BCUT2D eigenvalue weighted by Gasteiger charge is -2.11. The molecule has 0 bridgehead atoms. The van der Waals surface area contributed by atoms with E-state index in [-0.39, 0.29) is 5.91 Å². The van der Waals surface area contributed by atoms with Crippen molar-refractivity contribution >= 4 is 17.5 Å². The van der Waals surface area contributed by atoms with Crippen LogP contribution in [0.25, 0.3) is 5.69 Å². The number of nitrogens with zero attached hydrogens (tertiary/aromatic N) is 3. The molecule has 1 amide bonds. The van der Waals surface area contributed by atoms with Crippen LogP contribution in [0.2, 0.25) is 5.02 Å². The van der Waals surface area contributed by atoms with Crippen LogP contribution in [0.5, 0.6) is 0 Å². The van der Waals surface area contributed by atoms with Crippen molar-refractivity contribution in [2.75, 3.05) is 14.1 Å². The van der Waals surface area contributed by atoms with Gasteiger partial charge in [-0.25, -0.2) is 4.68 Å². The molecule has 0 aliphatic rings. The zero-order valence-electron chi connectivity index (χ0n) is 11.2. The minimum Gasteiger partial charge on any atom is -0.345 e. The molecule has 1 aromatic carbocycles. The number of carbonyl (C=O) groups excluding carboxylic acids is 1. The van der Waals surface area contributed by atoms with E-state index < -0.39 is 0 Å². The van der Waals surface area contributed by atoms with Crippen molar-refractivity contribution in [3.8, 4) is 5.69 Å². The Morgan fingerprint density at radius 2 is 2.16 bits per heavy atom. The summed E-state index contributed by atoms with van der Waals surface area (Å²) in [4.78, 5) is 13.6. The minimum absolute atomic E-state index is 0.0369. The molecule has 100 valence electrons. The van der Waals surface area contributed by atoms with Gasteiger partial charge >= 0.3 is 0 Å². The predicted molar refractivity (Wildman–Crippen MR) is 76.0 cm³/mol. The molecule has 0 aliphatic carbocycles. The van der Waals surface area contributed by atoms with Crippen LogP contribution in [-0.2, 0) is 6.42 Å². The van der Waals surface area contributed by atoms with Gasteiger partial charge in [-0.1, -0.05) is 24.6 Å². The summed E-state index contributed by atoms with van der Waals surface area (Å²) in [6, 6.07) is 7.43. The van der Waals surface area contributed by atoms with E-state index >= 15 is 0 Å². The van der Waals surface area contributed by atoms with Gasteiger partial charge in [-0.2, -0.15) is 5.10 Å². The molecular formula is C14H16ClN3O. The molecular weight excluding hydrogens is 262 g/mol. The number of aromatic nitrogens is 2. The van der Waals surface area contributed by atoms with Crippen molar-refractivity contribution < 1.29 is 4.79 Å². The van der Waals surface area contributed by atoms with Crippen LogP contribution in [0.1, 0.15) is 23.0 Å². The summed E-state index contributed by atoms with van der Waals surface area (Å²) in [7, 11) is 3.47. The maximum atomic E-state index is 12.1. The highest BCUT2D eigenvalue weighted by Gasteiger charge is 2.18. The van der Waals surface area contributed by atoms with Crippen LogP contribution in [0.3, 0.4) is 0 Å². The maximum absolute atomic E-state index is 12.1. The van der Waals surface area contributed by atoms with Gasteiger partial charge in [-0.05, 0) is 24.6 Å². The predicted octanol–water partition coefficient (Wildman–Crippen LogP) is 2.79. The molecule has 0 aliphatic heterocycles. The number of benzene rings is 1. The summed E-state index contributed by atoms with van der Waals surface area (Å²) < 4.78 is 1.77. The molecule has 2 aromatic rings. The highest BCUT2D eigenvalue weighted by Crippen LogP contribution is 2.19. The zero-order valence-corrected chi connectivity index (χ0v) is 12.0. The van der Waals surface area contributed by atoms with Crippen LogP contribution in [-0.4, -0.2) is 34.7 Å². The normalized spacial score (nSPS) is 10.5. The van der Waals surface area contributed by atoms with Crippen LogP contribution >= 0.6 is 11.6 Å². The average molecular weight is 278 g/mol. The number of halogens is 1. The van der Waals surface area contributed by atoms with Crippen LogP contribution < -0.4 is 0 Å². The number of hydrogen-bond acceptors (Lipinski definition) is 2. The summed E-state index contributed by atoms with van der Waals surface area (Å²) in [5.41, 5.74) is 2.38. The number of hydrogen-bond donors (Lipinski definition) is 0. The quantitative estimate of drug-likeness (QED) is 0.865. The van der Waals surface area contributed by atoms with Crippen LogP contribution in [0, 0.1) is 0 Å². The second-order valence-electron chi connectivity index (χ2n) is 4.45. The van der Waals surface area contributed by atoms with Crippen LogP contribution in [0.4, 0.5) is 0 Å². The molecule has 5 heteroatoms. The molecule has 0 unspecified atom stereocenters. The molecule has 0 fully saturated rings. The molecule has 0 saturated carbocycles. The van der Waals surface area contributed by atoms with E-state index in [4.69, 9.17) is 11.6 Å². The Kier molecular flexibility index (Phi) is 3.90. The van der Waals surface area contributed by atoms with E-state index in [2.05, 4.69) is 5.10 Å². The third-order valence-electron chi connectivity index (χ3n) is 2.89. The van der Waals surface area contributed by atoms with Gasteiger partial charge < -0.3 is 4.90 Å². The molecule has 1 aromatic heterocycles. The Hall–Kier alpha value is -1.81. The van der Waals surface area contributed by atoms with E-state index in [0.717, 1.165) is 17.8 Å². The van der Waals surface area contributed by atoms with Crippen molar-refractivity contribution in [3.63, 3.8) is 0 Å². The fourth-order valence-electron chi connectivity index (χ4n) is 1.96. The van der Waals surface area contributed by atoms with E-state index in [9.17, 15) is 4.79 Å². The Morgan fingerprint density at radius 3 is 2.74 bits per heavy atom. The van der Waals surface area contributed by atoms with Crippen LogP contribution in [0.15, 0.2) is 30.5 Å². The summed E-state index contributed by atoms with van der Waals surface area (Å²) >= 11 is 5.99. The first-order valence-electron chi connectivity index (χ1n) is 6.09. The van der Waals surface area contributed by atoms with Gasteiger partial charge in [0.15, 0.2) is 0 Å². The molecule has 0 N–H and O–H groups in total. The molecule has 0 spiro atoms. The first-order valence-corrected chi connectivity index (χ1v) is 6.47. The number of amides is 1. The van der Waals surface area contributed by atoms with Gasteiger partial charge in [-0.3, -0.25) is 4.79 Å². The average Bonchev–Trinajstić information content (AvgIpc) is 2.81. The summed E-state index contributed by atoms with van der Waals surface area (Å²) in [5.74, 6) is -0.0369. The number of rotatable bonds is 3. The van der Waals surface area contributed by atoms with Crippen molar-refractivity contribution in [1.29, 1.82) is 0 Å². The monoisotopic (exact) mass is 277 g/mol. The smallest absolute Gasteiger partial charge is 0.256 e. The van der Waals surface area contributed by atoms with Crippen molar-refractivity contribution in [1.82, 2.24) is 14.7 Å². The van der Waals surface area contributed by atoms with E-state index in [1.165, 1.54) is 0 Å². The van der Waals surface area contributed by atoms with Crippen molar-refractivity contribution in [2.45, 2.75) is 13.3 Å². The van der Waals surface area contributed by atoms with E-state index in [1.54, 1.807) is 29.9 Å². The second kappa shape index (κ2) is 5.45. The van der Waals surface area contributed by atoms with Gasteiger partial charge in [0.1, 0.15) is 0 Å². The largest absolute Gasteiger partial charge is 0.345 e. The topological polar surface area (TPSA) is 38.1 Å². The molecule has 0 atom stereocenters. The Morgan fingerprint density at radius 1 is 1.42 bits per heavy atom. The Balaban J connectivity index is 2.51. The lowest BCUT2D eigenvalue weighted by molar-refractivity contribution is 0.0826. The molecule has 0 saturated heterocycles. The summed E-state index contributed by atoms with van der Waals surface area (Å²) in [5, 5.41) is 4.96.